The van der Waals surface area contributed by atoms with Crippen LogP contribution in [0.2, 0.25) is 0 Å². The Hall–Kier alpha value is -4.73. The molecule has 0 spiro atoms. The van der Waals surface area contributed by atoms with E-state index in [1.165, 1.54) is 20.8 Å². The number of aliphatic hydroxyl groups is 4. The average molecular weight is 830 g/mol. The van der Waals surface area contributed by atoms with E-state index >= 15 is 4.79 Å². The minimum Gasteiger partial charge on any atom is -0.456 e. The van der Waals surface area contributed by atoms with Crippen LogP contribution in [0.25, 0.3) is 0 Å². The molecule has 60 heavy (non-hydrogen) atoms. The maximum absolute atomic E-state index is 15.0. The lowest BCUT2D eigenvalue weighted by Gasteiger charge is -2.67. The number of fused-ring (bicyclic) bond motifs is 18. The highest BCUT2D eigenvalue weighted by molar-refractivity contribution is 5.94. The summed E-state index contributed by atoms with van der Waals surface area (Å²) in [6.45, 7) is 6.98. The lowest BCUT2D eigenvalue weighted by Crippen LogP contribution is -2.81. The van der Waals surface area contributed by atoms with Gasteiger partial charge in [-0.2, -0.15) is 0 Å². The second-order valence-electron chi connectivity index (χ2n) is 17.7. The number of esters is 3. The maximum Gasteiger partial charge on any atom is 0.338 e. The van der Waals surface area contributed by atoms with Crippen LogP contribution >= 0.6 is 0 Å². The maximum atomic E-state index is 15.0. The zero-order valence-electron chi connectivity index (χ0n) is 34.6. The first kappa shape index (κ1) is 43.4. The first-order valence-corrected chi connectivity index (χ1v) is 20.7. The van der Waals surface area contributed by atoms with Gasteiger partial charge < -0.3 is 44.7 Å². The topological polar surface area (TPSA) is 215 Å². The van der Waals surface area contributed by atoms with E-state index in [1.54, 1.807) is 68.4 Å². The van der Waals surface area contributed by atoms with Crippen LogP contribution in [0.1, 0.15) is 101 Å². The Balaban J connectivity index is 1.40. The molecule has 0 aromatic heterocycles. The molecule has 8 rings (SSSR count). The Morgan fingerprint density at radius 1 is 0.917 bits per heavy atom. The Morgan fingerprint density at radius 3 is 2.27 bits per heavy atom. The third-order valence-corrected chi connectivity index (χ3v) is 13.9. The number of allylic oxidation sites excluding steroid dienone is 2. The summed E-state index contributed by atoms with van der Waals surface area (Å²) >= 11 is 0. The number of amides is 1. The van der Waals surface area contributed by atoms with Crippen LogP contribution in [-0.2, 0) is 44.5 Å². The normalized spacial score (nSPS) is 37.8. The molecule has 1 amide bonds. The molecule has 322 valence electrons. The van der Waals surface area contributed by atoms with Gasteiger partial charge in [0.2, 0.25) is 5.91 Å². The number of carbonyl (C=O) groups excluding carboxylic acids is 5. The van der Waals surface area contributed by atoms with E-state index in [1.807, 2.05) is 12.2 Å². The molecule has 2 saturated carbocycles. The fraction of sp³-hybridized carbons (Fsp3) is 0.543. The minimum atomic E-state index is -2.33. The largest absolute Gasteiger partial charge is 0.456 e. The van der Waals surface area contributed by atoms with Crippen molar-refractivity contribution in [2.45, 2.75) is 133 Å². The van der Waals surface area contributed by atoms with Gasteiger partial charge in [0.1, 0.15) is 30.0 Å². The first-order valence-electron chi connectivity index (χ1n) is 20.7. The number of hydrogen-bond donors (Lipinski definition) is 5. The van der Waals surface area contributed by atoms with Gasteiger partial charge >= 0.3 is 17.9 Å². The molecule has 2 aromatic carbocycles. The molecule has 6 aliphatic rings. The lowest BCUT2D eigenvalue weighted by atomic mass is 9.44. The van der Waals surface area contributed by atoms with E-state index in [0.29, 0.717) is 31.2 Å². The Labute approximate surface area is 348 Å². The Morgan fingerprint density at radius 2 is 1.62 bits per heavy atom. The quantitative estimate of drug-likeness (QED) is 0.167. The molecular weight excluding hydrogens is 774 g/mol. The number of Topliss-reactive ketones (excluding diaryl/α,β-unsaturated/α-hetero) is 1. The molecule has 3 aliphatic heterocycles. The van der Waals surface area contributed by atoms with Crippen molar-refractivity contribution in [3.05, 3.63) is 94.6 Å². The zero-order chi connectivity index (χ0) is 43.4. The molecule has 3 fully saturated rings. The van der Waals surface area contributed by atoms with Crippen molar-refractivity contribution in [2.75, 3.05) is 6.61 Å². The van der Waals surface area contributed by atoms with Crippen LogP contribution in [0, 0.1) is 16.7 Å². The minimum absolute atomic E-state index is 0.0363. The molecule has 0 radical (unpaired) electrons. The monoisotopic (exact) mass is 829 g/mol. The third-order valence-electron chi connectivity index (χ3n) is 13.9. The van der Waals surface area contributed by atoms with Crippen LogP contribution < -0.4 is 5.32 Å². The fourth-order valence-corrected chi connectivity index (χ4v) is 10.5. The van der Waals surface area contributed by atoms with E-state index in [4.69, 9.17) is 18.9 Å². The number of aliphatic hydroxyl groups excluding tert-OH is 3. The van der Waals surface area contributed by atoms with E-state index in [0.717, 1.165) is 5.56 Å². The van der Waals surface area contributed by atoms with Gasteiger partial charge in [0.15, 0.2) is 17.5 Å². The summed E-state index contributed by atoms with van der Waals surface area (Å²) in [5, 5.41) is 52.2. The summed E-state index contributed by atoms with van der Waals surface area (Å²) in [7, 11) is 0. The summed E-state index contributed by atoms with van der Waals surface area (Å²) in [4.78, 5) is 69.8. The molecule has 1 saturated heterocycles. The number of carbonyl (C=O) groups is 5. The molecule has 3 heterocycles. The summed E-state index contributed by atoms with van der Waals surface area (Å²) in [5.74, 6) is -5.62. The highest BCUT2D eigenvalue weighted by atomic mass is 16.6. The van der Waals surface area contributed by atoms with Crippen molar-refractivity contribution < 1.29 is 63.3 Å². The zero-order valence-corrected chi connectivity index (χ0v) is 34.6. The summed E-state index contributed by atoms with van der Waals surface area (Å²) in [6, 6.07) is 13.9. The number of hydrogen-bond acceptors (Lipinski definition) is 13. The predicted molar refractivity (Wildman–Crippen MR) is 214 cm³/mol. The van der Waals surface area contributed by atoms with Gasteiger partial charge in [-0.3, -0.25) is 14.4 Å². The van der Waals surface area contributed by atoms with Crippen molar-refractivity contribution in [1.82, 2.24) is 5.32 Å². The van der Waals surface area contributed by atoms with Crippen LogP contribution in [0.5, 0.6) is 0 Å². The third kappa shape index (κ3) is 7.19. The van der Waals surface area contributed by atoms with Crippen molar-refractivity contribution in [3.8, 4) is 0 Å². The number of benzene rings is 2. The van der Waals surface area contributed by atoms with Gasteiger partial charge in [0, 0.05) is 31.6 Å². The van der Waals surface area contributed by atoms with Gasteiger partial charge in [0.25, 0.3) is 0 Å². The second-order valence-corrected chi connectivity index (χ2v) is 17.7. The van der Waals surface area contributed by atoms with Gasteiger partial charge in [-0.05, 0) is 73.9 Å². The molecular formula is C46H55NO13. The number of ketones is 1. The van der Waals surface area contributed by atoms with Crippen molar-refractivity contribution in [1.29, 1.82) is 0 Å². The van der Waals surface area contributed by atoms with E-state index in [9.17, 15) is 39.6 Å². The van der Waals surface area contributed by atoms with Crippen LogP contribution in [0.3, 0.4) is 0 Å². The Kier molecular flexibility index (Phi) is 11.8. The highest BCUT2D eigenvalue weighted by Crippen LogP contribution is 2.64. The van der Waals surface area contributed by atoms with Gasteiger partial charge in [-0.15, -0.1) is 0 Å². The highest BCUT2D eigenvalue weighted by Gasteiger charge is 2.78. The fourth-order valence-electron chi connectivity index (χ4n) is 10.5. The van der Waals surface area contributed by atoms with Gasteiger partial charge in [0.05, 0.1) is 35.6 Å². The van der Waals surface area contributed by atoms with E-state index in [-0.39, 0.29) is 36.2 Å². The molecule has 14 heteroatoms. The van der Waals surface area contributed by atoms with E-state index < -0.39 is 107 Å². The average Bonchev–Trinajstić information content (AvgIpc) is 3.20. The van der Waals surface area contributed by atoms with Crippen LogP contribution in [0.15, 0.2) is 77.9 Å². The summed E-state index contributed by atoms with van der Waals surface area (Å²) in [6.07, 6.45) is -3.69. The van der Waals surface area contributed by atoms with Crippen LogP contribution in [0.4, 0.5) is 0 Å². The molecule has 14 nitrogen and oxygen atoms in total. The smallest absolute Gasteiger partial charge is 0.338 e. The summed E-state index contributed by atoms with van der Waals surface area (Å²) in [5.41, 5.74) is -6.10. The standard InChI is InChI=1S/C46H55NO13/c1-25-30-23-46(56)40(38-44(5,39(53)36(51)34(25)43(46,3)4)31(49)22-32-45(38,24-57-32)60-26(2)48)59-41(54)29-20-18-27(19-21-29)14-10-7-6-8-13-17-33(50)47-35(37(52)42(55)58-30)28-15-11-9-12-16-28/h7,9-12,15-16,18-21,30-32,35-38,40,49,51-52,56H,6,8,13-14,17,22-24H2,1-5H3,(H,47,50)/b10-7-. The van der Waals surface area contributed by atoms with Crippen LogP contribution in [-0.4, -0.2) is 104 Å². The molecule has 5 bridgehead atoms. The molecule has 3 aliphatic carbocycles. The molecule has 11 atom stereocenters. The van der Waals surface area contributed by atoms with Crippen molar-refractivity contribution in [3.63, 3.8) is 0 Å². The SMILES string of the molecule is CC(=O)OC12COC1CC(O)C1(C)C(=O)C(O)C3=C(C)C4CC(O)(C(OC(=O)c5ccc(cc5)C/C=C\CCCCC(=O)NC(c5ccccc5)C(O)C(=O)O4)C21)C3(C)C. The van der Waals surface area contributed by atoms with Crippen molar-refractivity contribution in [2.24, 2.45) is 16.7 Å². The second kappa shape index (κ2) is 16.3. The van der Waals surface area contributed by atoms with Crippen molar-refractivity contribution >= 4 is 29.6 Å². The molecule has 5 N–H and O–H groups in total. The number of ether oxygens (including phenoxy) is 4. The summed E-state index contributed by atoms with van der Waals surface area (Å²) < 4.78 is 24.4. The number of rotatable bonds is 2. The molecule has 11 unspecified atom stereocenters. The van der Waals surface area contributed by atoms with E-state index in [2.05, 4.69) is 5.32 Å². The lowest BCUT2D eigenvalue weighted by molar-refractivity contribution is -0.346. The number of nitrogens with one attached hydrogen (secondary N) is 1. The first-order chi connectivity index (χ1) is 28.4. The molecule has 2 aromatic rings. The van der Waals surface area contributed by atoms with Gasteiger partial charge in [-0.1, -0.05) is 68.5 Å². The van der Waals surface area contributed by atoms with Gasteiger partial charge in [-0.25, -0.2) is 9.59 Å². The Bertz CT molecular complexity index is 2080. The predicted octanol–water partition coefficient (Wildman–Crippen LogP) is 3.52.